The van der Waals surface area contributed by atoms with Gasteiger partial charge in [-0.25, -0.2) is 4.39 Å². The van der Waals surface area contributed by atoms with E-state index in [1.807, 2.05) is 6.92 Å². The van der Waals surface area contributed by atoms with E-state index in [4.69, 9.17) is 9.84 Å². The van der Waals surface area contributed by atoms with E-state index in [1.54, 1.807) is 24.5 Å². The summed E-state index contributed by atoms with van der Waals surface area (Å²) in [6.07, 6.45) is 3.22. The van der Waals surface area contributed by atoms with Crippen molar-refractivity contribution in [3.63, 3.8) is 0 Å². The number of hydrogen-bond acceptors (Lipinski definition) is 3. The minimum Gasteiger partial charge on any atom is -0.505 e. The zero-order valence-electron chi connectivity index (χ0n) is 9.35. The molecule has 3 nitrogen and oxygen atoms in total. The third kappa shape index (κ3) is 2.53. The van der Waals surface area contributed by atoms with E-state index in [9.17, 15) is 4.39 Å². The van der Waals surface area contributed by atoms with Gasteiger partial charge in [-0.05, 0) is 30.7 Å². The van der Waals surface area contributed by atoms with E-state index in [0.29, 0.717) is 17.9 Å². The molecule has 0 fully saturated rings. The number of nitrogens with zero attached hydrogens (tertiary/aromatic N) is 1. The van der Waals surface area contributed by atoms with E-state index >= 15 is 0 Å². The van der Waals surface area contributed by atoms with Crippen molar-refractivity contribution in [1.82, 2.24) is 4.98 Å². The second-order valence-corrected chi connectivity index (χ2v) is 3.51. The van der Waals surface area contributed by atoms with Crippen molar-refractivity contribution in [2.75, 3.05) is 6.61 Å². The molecule has 88 valence electrons. The molecule has 1 N–H and O–H groups in total. The van der Waals surface area contributed by atoms with E-state index in [1.165, 1.54) is 12.1 Å². The number of pyridine rings is 1. The Labute approximate surface area is 98.5 Å². The van der Waals surface area contributed by atoms with Crippen molar-refractivity contribution < 1.29 is 14.2 Å². The molecule has 0 aliphatic carbocycles. The number of ether oxygens (including phenoxy) is 1. The summed E-state index contributed by atoms with van der Waals surface area (Å²) in [4.78, 5) is 4.02. The van der Waals surface area contributed by atoms with Crippen LogP contribution in [-0.2, 0) is 0 Å². The summed E-state index contributed by atoms with van der Waals surface area (Å²) in [6, 6.07) is 5.99. The van der Waals surface area contributed by atoms with Crippen LogP contribution in [0.15, 0.2) is 36.7 Å². The molecule has 0 bridgehead atoms. The summed E-state index contributed by atoms with van der Waals surface area (Å²) in [5, 5.41) is 9.11. The molecule has 0 spiro atoms. The quantitative estimate of drug-likeness (QED) is 0.886. The average Bonchev–Trinajstić information content (AvgIpc) is 2.33. The fourth-order valence-electron chi connectivity index (χ4n) is 1.51. The first-order chi connectivity index (χ1) is 8.20. The van der Waals surface area contributed by atoms with E-state index < -0.39 is 5.82 Å². The van der Waals surface area contributed by atoms with Gasteiger partial charge < -0.3 is 9.84 Å². The molecule has 4 heteroatoms. The van der Waals surface area contributed by atoms with Crippen molar-refractivity contribution >= 4 is 0 Å². The molecule has 17 heavy (non-hydrogen) atoms. The molecule has 1 heterocycles. The summed E-state index contributed by atoms with van der Waals surface area (Å²) in [5.74, 6) is -0.370. The second-order valence-electron chi connectivity index (χ2n) is 3.51. The van der Waals surface area contributed by atoms with Crippen LogP contribution in [0, 0.1) is 5.82 Å². The highest BCUT2D eigenvalue weighted by molar-refractivity contribution is 5.64. The van der Waals surface area contributed by atoms with Gasteiger partial charge in [-0.15, -0.1) is 0 Å². The van der Waals surface area contributed by atoms with Gasteiger partial charge in [0.2, 0.25) is 0 Å². The number of aromatic nitrogens is 1. The summed E-state index contributed by atoms with van der Waals surface area (Å²) in [7, 11) is 0. The predicted molar refractivity (Wildman–Crippen MR) is 62.5 cm³/mol. The lowest BCUT2D eigenvalue weighted by Gasteiger charge is -2.06. The van der Waals surface area contributed by atoms with Crippen LogP contribution in [0.25, 0.3) is 11.1 Å². The Balaban J connectivity index is 2.38. The van der Waals surface area contributed by atoms with Crippen molar-refractivity contribution in [3.05, 3.63) is 42.5 Å². The molecule has 0 saturated carbocycles. The average molecular weight is 233 g/mol. The Kier molecular flexibility index (Phi) is 3.23. The lowest BCUT2D eigenvalue weighted by atomic mass is 10.1. The normalized spacial score (nSPS) is 10.2. The zero-order valence-corrected chi connectivity index (χ0v) is 9.35. The third-order valence-corrected chi connectivity index (χ3v) is 2.31. The van der Waals surface area contributed by atoms with Gasteiger partial charge in [-0.3, -0.25) is 4.98 Å². The van der Waals surface area contributed by atoms with E-state index in [2.05, 4.69) is 4.98 Å². The fraction of sp³-hybridized carbons (Fsp3) is 0.154. The minimum atomic E-state index is -0.649. The van der Waals surface area contributed by atoms with Crippen molar-refractivity contribution in [1.29, 1.82) is 0 Å². The van der Waals surface area contributed by atoms with Gasteiger partial charge in [0.05, 0.1) is 12.8 Å². The van der Waals surface area contributed by atoms with Gasteiger partial charge in [0.25, 0.3) is 0 Å². The van der Waals surface area contributed by atoms with Crippen LogP contribution >= 0.6 is 0 Å². The lowest BCUT2D eigenvalue weighted by Crippen LogP contribution is -1.92. The van der Waals surface area contributed by atoms with Crippen molar-refractivity contribution in [3.8, 4) is 22.6 Å². The van der Waals surface area contributed by atoms with Gasteiger partial charge in [0.1, 0.15) is 5.75 Å². The van der Waals surface area contributed by atoms with Crippen molar-refractivity contribution in [2.45, 2.75) is 6.92 Å². The molecule has 0 aliphatic rings. The topological polar surface area (TPSA) is 42.4 Å². The number of rotatable bonds is 3. The zero-order chi connectivity index (χ0) is 12.3. The highest BCUT2D eigenvalue weighted by Crippen LogP contribution is 2.26. The van der Waals surface area contributed by atoms with Crippen LogP contribution in [-0.4, -0.2) is 16.7 Å². The second kappa shape index (κ2) is 4.82. The molecule has 0 aliphatic heterocycles. The maximum Gasteiger partial charge on any atom is 0.165 e. The minimum absolute atomic E-state index is 0.359. The first-order valence-electron chi connectivity index (χ1n) is 5.27. The number of aromatic hydroxyl groups is 1. The SMILES string of the molecule is CCOc1cncc(-c2ccc(O)c(F)c2)c1. The Morgan fingerprint density at radius 2 is 2.06 bits per heavy atom. The molecule has 2 rings (SSSR count). The monoisotopic (exact) mass is 233 g/mol. The first kappa shape index (κ1) is 11.4. The lowest BCUT2D eigenvalue weighted by molar-refractivity contribution is 0.339. The maximum atomic E-state index is 13.2. The van der Waals surface area contributed by atoms with Gasteiger partial charge in [0.15, 0.2) is 11.6 Å². The van der Waals surface area contributed by atoms with Gasteiger partial charge >= 0.3 is 0 Å². The molecular weight excluding hydrogens is 221 g/mol. The van der Waals surface area contributed by atoms with Crippen LogP contribution < -0.4 is 4.74 Å². The van der Waals surface area contributed by atoms with Gasteiger partial charge in [-0.2, -0.15) is 0 Å². The molecule has 0 amide bonds. The van der Waals surface area contributed by atoms with E-state index in [0.717, 1.165) is 5.56 Å². The molecular formula is C13H12FNO2. The number of phenolic OH excluding ortho intramolecular Hbond substituents is 1. The third-order valence-electron chi connectivity index (χ3n) is 2.31. The summed E-state index contributed by atoms with van der Waals surface area (Å²) in [6.45, 7) is 2.43. The van der Waals surface area contributed by atoms with Gasteiger partial charge in [-0.1, -0.05) is 6.07 Å². The Bertz CT molecular complexity index is 529. The Morgan fingerprint density at radius 3 is 2.76 bits per heavy atom. The molecule has 2 aromatic rings. The standard InChI is InChI=1S/C13H12FNO2/c1-2-17-11-5-10(7-15-8-11)9-3-4-13(16)12(14)6-9/h3-8,16H,2H2,1H3. The number of phenols is 1. The summed E-state index contributed by atoms with van der Waals surface area (Å²) >= 11 is 0. The molecule has 1 aromatic heterocycles. The van der Waals surface area contributed by atoms with E-state index in [-0.39, 0.29) is 5.75 Å². The first-order valence-corrected chi connectivity index (χ1v) is 5.27. The number of halogens is 1. The van der Waals surface area contributed by atoms with Crippen molar-refractivity contribution in [2.24, 2.45) is 0 Å². The molecule has 0 radical (unpaired) electrons. The largest absolute Gasteiger partial charge is 0.505 e. The highest BCUT2D eigenvalue weighted by atomic mass is 19.1. The maximum absolute atomic E-state index is 13.2. The molecule has 0 atom stereocenters. The summed E-state index contributed by atoms with van der Waals surface area (Å²) < 4.78 is 18.5. The van der Waals surface area contributed by atoms with Crippen LogP contribution in [0.4, 0.5) is 4.39 Å². The van der Waals surface area contributed by atoms with Gasteiger partial charge in [0, 0.05) is 11.8 Å². The highest BCUT2D eigenvalue weighted by Gasteiger charge is 2.05. The van der Waals surface area contributed by atoms with Crippen LogP contribution in [0.2, 0.25) is 0 Å². The fourth-order valence-corrected chi connectivity index (χ4v) is 1.51. The van der Waals surface area contributed by atoms with Crippen LogP contribution in [0.5, 0.6) is 11.5 Å². The Hall–Kier alpha value is -2.10. The van der Waals surface area contributed by atoms with Crippen LogP contribution in [0.3, 0.4) is 0 Å². The molecule has 1 aromatic carbocycles. The number of hydrogen-bond donors (Lipinski definition) is 1. The van der Waals surface area contributed by atoms with Crippen LogP contribution in [0.1, 0.15) is 6.92 Å². The number of benzene rings is 1. The molecule has 0 saturated heterocycles. The smallest absolute Gasteiger partial charge is 0.165 e. The summed E-state index contributed by atoms with van der Waals surface area (Å²) in [5.41, 5.74) is 1.39. The molecule has 0 unspecified atom stereocenters. The predicted octanol–water partition coefficient (Wildman–Crippen LogP) is 2.99. The Morgan fingerprint density at radius 1 is 1.24 bits per heavy atom.